The molecule has 0 radical (unpaired) electrons. The van der Waals surface area contributed by atoms with Crippen molar-refractivity contribution in [1.82, 2.24) is 4.72 Å². The predicted molar refractivity (Wildman–Crippen MR) is 47.9 cm³/mol. The van der Waals surface area contributed by atoms with Crippen LogP contribution in [0.25, 0.3) is 0 Å². The van der Waals surface area contributed by atoms with E-state index in [-0.39, 0.29) is 11.5 Å². The Morgan fingerprint density at radius 3 is 2.42 bits per heavy atom. The second-order valence-corrected chi connectivity index (χ2v) is 4.50. The lowest BCUT2D eigenvalue weighted by Crippen LogP contribution is -2.42. The second kappa shape index (κ2) is 4.68. The Labute approximate surface area is 76.6 Å². The van der Waals surface area contributed by atoms with Crippen LogP contribution in [0, 0.1) is 0 Å². The largest absolute Gasteiger partial charge is 0.480 e. The highest BCUT2D eigenvalue weighted by molar-refractivity contribution is 7.89. The van der Waals surface area contributed by atoms with Crippen LogP contribution in [0.1, 0.15) is 6.92 Å². The van der Waals surface area contributed by atoms with Gasteiger partial charge in [-0.3, -0.25) is 4.79 Å². The first-order chi connectivity index (χ1) is 5.43. The fraction of sp³-hybridized carbons (Fsp3) is 0.800. The molecule has 5 nitrogen and oxygen atoms in total. The molecule has 0 amide bonds. The Kier molecular flexibility index (Phi) is 4.58. The fourth-order valence-electron chi connectivity index (χ4n) is 0.466. The van der Waals surface area contributed by atoms with Gasteiger partial charge >= 0.3 is 5.97 Å². The van der Waals surface area contributed by atoms with Crippen molar-refractivity contribution in [2.45, 2.75) is 13.0 Å². The molecule has 1 atom stereocenters. The predicted octanol–water partition coefficient (Wildman–Crippen LogP) is -0.691. The highest BCUT2D eigenvalue weighted by Gasteiger charge is 2.20. The maximum Gasteiger partial charge on any atom is 0.322 e. The van der Waals surface area contributed by atoms with Gasteiger partial charge in [0.1, 0.15) is 6.04 Å². The zero-order valence-corrected chi connectivity index (χ0v) is 8.23. The standard InChI is InChI=1S/C5H11NO4S2/c1-2-12(9,10)6-4(3-11)5(7)8/h4,6,11H,2-3H2,1H3,(H,7,8). The van der Waals surface area contributed by atoms with E-state index in [2.05, 4.69) is 12.6 Å². The van der Waals surface area contributed by atoms with E-state index in [0.29, 0.717) is 0 Å². The van der Waals surface area contributed by atoms with Gasteiger partial charge in [0.2, 0.25) is 10.0 Å². The topological polar surface area (TPSA) is 83.5 Å². The van der Waals surface area contributed by atoms with Gasteiger partial charge in [-0.25, -0.2) is 13.1 Å². The lowest BCUT2D eigenvalue weighted by molar-refractivity contribution is -0.138. The Morgan fingerprint density at radius 1 is 1.67 bits per heavy atom. The van der Waals surface area contributed by atoms with Gasteiger partial charge in [-0.15, -0.1) is 0 Å². The molecule has 0 aromatic carbocycles. The summed E-state index contributed by atoms with van der Waals surface area (Å²) in [6.45, 7) is 1.43. The molecule has 0 aromatic rings. The monoisotopic (exact) mass is 213 g/mol. The summed E-state index contributed by atoms with van der Waals surface area (Å²) in [5.41, 5.74) is 0. The number of carboxylic acids is 1. The molecule has 0 heterocycles. The Balaban J connectivity index is 4.32. The Hall–Kier alpha value is -0.270. The number of thiol groups is 1. The smallest absolute Gasteiger partial charge is 0.322 e. The summed E-state index contributed by atoms with van der Waals surface area (Å²) in [6.07, 6.45) is 0. The summed E-state index contributed by atoms with van der Waals surface area (Å²) in [5, 5.41) is 8.46. The number of sulfonamides is 1. The summed E-state index contributed by atoms with van der Waals surface area (Å²) < 4.78 is 23.7. The maximum absolute atomic E-state index is 10.9. The van der Waals surface area contributed by atoms with Crippen molar-refractivity contribution >= 4 is 28.6 Å². The molecule has 1 unspecified atom stereocenters. The summed E-state index contributed by atoms with van der Waals surface area (Å²) in [4.78, 5) is 10.3. The van der Waals surface area contributed by atoms with E-state index in [1.165, 1.54) is 6.92 Å². The molecule has 0 aromatic heterocycles. The van der Waals surface area contributed by atoms with E-state index >= 15 is 0 Å². The third-order valence-corrected chi connectivity index (χ3v) is 2.95. The van der Waals surface area contributed by atoms with Gasteiger partial charge in [0.15, 0.2) is 0 Å². The average Bonchev–Trinajstić information content (AvgIpc) is 2.00. The van der Waals surface area contributed by atoms with Gasteiger partial charge in [-0.2, -0.15) is 12.6 Å². The molecule has 72 valence electrons. The molecule has 12 heavy (non-hydrogen) atoms. The van der Waals surface area contributed by atoms with E-state index < -0.39 is 22.0 Å². The fourth-order valence-corrected chi connectivity index (χ4v) is 1.62. The van der Waals surface area contributed by atoms with Gasteiger partial charge in [0.25, 0.3) is 0 Å². The van der Waals surface area contributed by atoms with Gasteiger partial charge < -0.3 is 5.11 Å². The lowest BCUT2D eigenvalue weighted by atomic mass is 10.4. The molecule has 7 heteroatoms. The number of carbonyl (C=O) groups is 1. The van der Waals surface area contributed by atoms with Crippen LogP contribution >= 0.6 is 12.6 Å². The van der Waals surface area contributed by atoms with Crippen LogP contribution in [0.2, 0.25) is 0 Å². The van der Waals surface area contributed by atoms with Crippen molar-refractivity contribution < 1.29 is 18.3 Å². The molecule has 0 aliphatic rings. The number of rotatable bonds is 5. The molecule has 0 aliphatic heterocycles. The van der Waals surface area contributed by atoms with Crippen LogP contribution in [0.5, 0.6) is 0 Å². The van der Waals surface area contributed by atoms with Crippen molar-refractivity contribution in [3.8, 4) is 0 Å². The molecule has 2 N–H and O–H groups in total. The van der Waals surface area contributed by atoms with Gasteiger partial charge in [-0.05, 0) is 6.92 Å². The summed E-state index contributed by atoms with van der Waals surface area (Å²) in [5.74, 6) is -1.42. The van der Waals surface area contributed by atoms with Crippen LogP contribution in [0.4, 0.5) is 0 Å². The molecule has 0 aliphatic carbocycles. The third kappa shape index (κ3) is 3.93. The number of hydrogen-bond donors (Lipinski definition) is 3. The zero-order valence-electron chi connectivity index (χ0n) is 6.52. The molecule has 0 spiro atoms. The minimum atomic E-state index is -3.46. The first-order valence-electron chi connectivity index (χ1n) is 3.26. The van der Waals surface area contributed by atoms with Crippen molar-refractivity contribution in [2.24, 2.45) is 0 Å². The lowest BCUT2D eigenvalue weighted by Gasteiger charge is -2.10. The summed E-state index contributed by atoms with van der Waals surface area (Å²) in [7, 11) is -3.46. The normalized spacial score (nSPS) is 14.2. The minimum Gasteiger partial charge on any atom is -0.480 e. The minimum absolute atomic E-state index is 0.0609. The van der Waals surface area contributed by atoms with Crippen molar-refractivity contribution in [1.29, 1.82) is 0 Å². The van der Waals surface area contributed by atoms with Crippen molar-refractivity contribution in [2.75, 3.05) is 11.5 Å². The Morgan fingerprint density at radius 2 is 2.17 bits per heavy atom. The number of aliphatic carboxylic acids is 1. The SMILES string of the molecule is CCS(=O)(=O)NC(CS)C(=O)O. The van der Waals surface area contributed by atoms with E-state index in [9.17, 15) is 13.2 Å². The first kappa shape index (κ1) is 11.7. The molecule has 0 saturated heterocycles. The Bertz CT molecular complexity index is 248. The van der Waals surface area contributed by atoms with Crippen LogP contribution in [-0.2, 0) is 14.8 Å². The number of nitrogens with one attached hydrogen (secondary N) is 1. The van der Waals surface area contributed by atoms with Gasteiger partial charge in [-0.1, -0.05) is 0 Å². The molecular formula is C5H11NO4S2. The second-order valence-electron chi connectivity index (χ2n) is 2.09. The average molecular weight is 213 g/mol. The van der Waals surface area contributed by atoms with Gasteiger partial charge in [0, 0.05) is 5.75 Å². The quantitative estimate of drug-likeness (QED) is 0.528. The van der Waals surface area contributed by atoms with Crippen LogP contribution in [0.3, 0.4) is 0 Å². The summed E-state index contributed by atoms with van der Waals surface area (Å²) >= 11 is 3.70. The highest BCUT2D eigenvalue weighted by atomic mass is 32.2. The molecule has 0 bridgehead atoms. The molecular weight excluding hydrogens is 202 g/mol. The number of carboxylic acid groups (broad SMARTS) is 1. The molecule has 0 rings (SSSR count). The van der Waals surface area contributed by atoms with E-state index in [1.54, 1.807) is 0 Å². The molecule has 0 fully saturated rings. The molecule has 0 saturated carbocycles. The van der Waals surface area contributed by atoms with Crippen LogP contribution in [0.15, 0.2) is 0 Å². The van der Waals surface area contributed by atoms with E-state index in [0.717, 1.165) is 0 Å². The van der Waals surface area contributed by atoms with Crippen molar-refractivity contribution in [3.63, 3.8) is 0 Å². The summed E-state index contributed by atoms with van der Waals surface area (Å²) in [6, 6.07) is -1.14. The maximum atomic E-state index is 10.9. The zero-order chi connectivity index (χ0) is 9.78. The van der Waals surface area contributed by atoms with Crippen LogP contribution in [-0.4, -0.2) is 37.0 Å². The first-order valence-corrected chi connectivity index (χ1v) is 5.55. The highest BCUT2D eigenvalue weighted by Crippen LogP contribution is 1.92. The third-order valence-electron chi connectivity index (χ3n) is 1.18. The van der Waals surface area contributed by atoms with Crippen molar-refractivity contribution in [3.05, 3.63) is 0 Å². The van der Waals surface area contributed by atoms with E-state index in [4.69, 9.17) is 5.11 Å². The van der Waals surface area contributed by atoms with Gasteiger partial charge in [0.05, 0.1) is 5.75 Å². The van der Waals surface area contributed by atoms with Crippen LogP contribution < -0.4 is 4.72 Å². The number of hydrogen-bond acceptors (Lipinski definition) is 4. The van der Waals surface area contributed by atoms with E-state index in [1.807, 2.05) is 4.72 Å².